The lowest BCUT2D eigenvalue weighted by Gasteiger charge is -2.29. The number of aliphatic hydroxyl groups excluding tert-OH is 1. The summed E-state index contributed by atoms with van der Waals surface area (Å²) in [6, 6.07) is 1.28. The van der Waals surface area contributed by atoms with E-state index in [-0.39, 0.29) is 35.4 Å². The predicted octanol–water partition coefficient (Wildman–Crippen LogP) is 4.55. The molecule has 2 rings (SSSR count). The van der Waals surface area contributed by atoms with Crippen LogP contribution in [0.25, 0.3) is 0 Å². The number of allylic oxidation sites excluding steroid dienone is 2. The summed E-state index contributed by atoms with van der Waals surface area (Å²) in [5.41, 5.74) is 7.27. The van der Waals surface area contributed by atoms with Crippen LogP contribution >= 0.6 is 0 Å². The van der Waals surface area contributed by atoms with Crippen LogP contribution in [0.5, 0.6) is 11.5 Å². The molecule has 0 radical (unpaired) electrons. The van der Waals surface area contributed by atoms with Crippen molar-refractivity contribution < 1.29 is 39.1 Å². The summed E-state index contributed by atoms with van der Waals surface area (Å²) >= 11 is 0. The summed E-state index contributed by atoms with van der Waals surface area (Å²) in [6.45, 7) is 11.3. The third kappa shape index (κ3) is 10.2. The lowest BCUT2D eigenvalue weighted by atomic mass is 9.87. The van der Waals surface area contributed by atoms with Gasteiger partial charge in [-0.05, 0) is 32.6 Å². The lowest BCUT2D eigenvalue weighted by Crippen LogP contribution is -2.35. The minimum atomic E-state index is -0.955. The first-order chi connectivity index (χ1) is 20.3. The van der Waals surface area contributed by atoms with Crippen molar-refractivity contribution in [3.63, 3.8) is 0 Å². The molecule has 1 aliphatic heterocycles. The monoisotopic (exact) mass is 601 g/mol. The van der Waals surface area contributed by atoms with Crippen molar-refractivity contribution >= 4 is 23.4 Å². The molecular formula is C32H47N3O8. The highest BCUT2D eigenvalue weighted by Gasteiger charge is 2.29. The number of anilines is 2. The van der Waals surface area contributed by atoms with Crippen LogP contribution in [-0.2, 0) is 25.4 Å². The first kappa shape index (κ1) is 35.4. The van der Waals surface area contributed by atoms with Gasteiger partial charge >= 0.3 is 6.09 Å². The zero-order valence-corrected chi connectivity index (χ0v) is 25.9. The highest BCUT2D eigenvalue weighted by Crippen LogP contribution is 2.42. The maximum Gasteiger partial charge on any atom is 0.404 e. The Morgan fingerprint density at radius 2 is 1.88 bits per heavy atom. The van der Waals surface area contributed by atoms with Gasteiger partial charge in [-0.25, -0.2) is 4.79 Å². The van der Waals surface area contributed by atoms with Gasteiger partial charge in [-0.15, -0.1) is 6.58 Å². The summed E-state index contributed by atoms with van der Waals surface area (Å²) in [5.74, 6) is -1.28. The molecule has 0 fully saturated rings. The number of primary amides is 1. The van der Waals surface area contributed by atoms with Gasteiger partial charge in [-0.3, -0.25) is 4.79 Å². The van der Waals surface area contributed by atoms with Crippen molar-refractivity contribution in [2.45, 2.75) is 71.4 Å². The van der Waals surface area contributed by atoms with Crippen LogP contribution in [-0.4, -0.2) is 72.5 Å². The standard InChI is InChI=1S/C32H47N3O8/c1-8-12-34-28-22-14-19(3)16-27(42-7)29(37)21(5)13-18(2)15-26(43-32(33)40)25(41-6)11-9-10-20(4)31(39)35-23(30(22)38)17-24(28)36/h8-11,13,17,19,21,25-27,29,34,36-38H,1,12,14-16H2,2-7H3,(H2,33,40)(H,35,39)/b11-9-,18-13+,20-10+/t19-,21+,25+,26+,27+,29-/m1/s1. The van der Waals surface area contributed by atoms with Crippen LogP contribution in [0.15, 0.2) is 54.2 Å². The lowest BCUT2D eigenvalue weighted by molar-refractivity contribution is -0.112. The molecule has 1 aromatic carbocycles. The Kier molecular flexibility index (Phi) is 13.8. The maximum atomic E-state index is 13.0. The highest BCUT2D eigenvalue weighted by atomic mass is 16.6. The molecule has 0 saturated heterocycles. The van der Waals surface area contributed by atoms with E-state index in [1.807, 2.05) is 26.8 Å². The Bertz CT molecular complexity index is 1230. The number of methoxy groups -OCH3 is 2. The van der Waals surface area contributed by atoms with Gasteiger partial charge in [0.05, 0.1) is 23.6 Å². The number of benzene rings is 1. The average molecular weight is 602 g/mol. The van der Waals surface area contributed by atoms with Crippen molar-refractivity contribution in [3.05, 3.63) is 59.7 Å². The number of amides is 2. The summed E-state index contributed by atoms with van der Waals surface area (Å²) < 4.78 is 16.6. The van der Waals surface area contributed by atoms with Crippen molar-refractivity contribution in [2.24, 2.45) is 17.6 Å². The summed E-state index contributed by atoms with van der Waals surface area (Å²) in [6.07, 6.45) is 5.49. The van der Waals surface area contributed by atoms with Crippen LogP contribution in [0.1, 0.15) is 46.1 Å². The number of hydrogen-bond donors (Lipinski definition) is 6. The van der Waals surface area contributed by atoms with Gasteiger partial charge in [0.2, 0.25) is 0 Å². The Morgan fingerprint density at radius 1 is 1.19 bits per heavy atom. The second kappa shape index (κ2) is 16.7. The van der Waals surface area contributed by atoms with Crippen molar-refractivity contribution in [2.75, 3.05) is 31.4 Å². The van der Waals surface area contributed by atoms with Crippen molar-refractivity contribution in [1.29, 1.82) is 0 Å². The number of aliphatic hydroxyl groups is 1. The number of phenols is 2. The minimum absolute atomic E-state index is 0.0437. The normalized spacial score (nSPS) is 29.1. The summed E-state index contributed by atoms with van der Waals surface area (Å²) in [7, 11) is 2.99. The van der Waals surface area contributed by atoms with E-state index in [0.29, 0.717) is 36.2 Å². The van der Waals surface area contributed by atoms with Gasteiger partial charge in [0.25, 0.3) is 5.91 Å². The number of nitrogens with one attached hydrogen (secondary N) is 2. The molecule has 11 nitrogen and oxygen atoms in total. The van der Waals surface area contributed by atoms with E-state index in [9.17, 15) is 24.9 Å². The molecule has 11 heteroatoms. The molecule has 0 aliphatic carbocycles. The van der Waals surface area contributed by atoms with Gasteiger partial charge in [-0.2, -0.15) is 0 Å². The first-order valence-corrected chi connectivity index (χ1v) is 14.3. The quantitative estimate of drug-likeness (QED) is 0.155. The fourth-order valence-corrected chi connectivity index (χ4v) is 5.19. The largest absolute Gasteiger partial charge is 0.506 e. The average Bonchev–Trinajstić information content (AvgIpc) is 2.94. The predicted molar refractivity (Wildman–Crippen MR) is 167 cm³/mol. The Morgan fingerprint density at radius 3 is 2.49 bits per heavy atom. The SMILES string of the molecule is C=CCNc1c(O)cc2c(O)c1C[C@@H](C)C[C@H](OC)[C@H](O)[C@@H](C)/C=C(\C)C[C@H](OC(N)=O)[C@@H](OC)/C=C\C=C(/C)C(=O)N2. The number of ether oxygens (including phenoxy) is 3. The number of fused-ring (bicyclic) bond motifs is 2. The van der Waals surface area contributed by atoms with Gasteiger partial charge in [0.15, 0.2) is 0 Å². The second-order valence-electron chi connectivity index (χ2n) is 11.1. The third-order valence-electron chi connectivity index (χ3n) is 7.44. The smallest absolute Gasteiger partial charge is 0.404 e. The van der Waals surface area contributed by atoms with Crippen LogP contribution in [0.4, 0.5) is 16.2 Å². The number of rotatable bonds is 6. The fraction of sp³-hybridized carbons (Fsp3) is 0.500. The number of carbonyl (C=O) groups excluding carboxylic acids is 2. The molecule has 7 N–H and O–H groups in total. The number of nitrogens with two attached hydrogens (primary N) is 1. The molecule has 2 amide bonds. The van der Waals surface area contributed by atoms with E-state index in [1.165, 1.54) is 20.3 Å². The fourth-order valence-electron chi connectivity index (χ4n) is 5.19. The van der Waals surface area contributed by atoms with E-state index < -0.39 is 36.4 Å². The summed E-state index contributed by atoms with van der Waals surface area (Å²) in [4.78, 5) is 24.7. The Labute approximate surface area is 254 Å². The van der Waals surface area contributed by atoms with Crippen LogP contribution in [0.2, 0.25) is 0 Å². The third-order valence-corrected chi connectivity index (χ3v) is 7.44. The van der Waals surface area contributed by atoms with Crippen LogP contribution < -0.4 is 16.4 Å². The molecule has 1 aromatic rings. The topological polar surface area (TPSA) is 173 Å². The van der Waals surface area contributed by atoms with Gasteiger partial charge in [0.1, 0.15) is 23.7 Å². The number of phenolic OH excluding ortho intramolecular Hbond substituents is 2. The second-order valence-corrected chi connectivity index (χ2v) is 11.1. The van der Waals surface area contributed by atoms with Gasteiger partial charge < -0.3 is 45.9 Å². The van der Waals surface area contributed by atoms with Gasteiger partial charge in [0, 0.05) is 50.3 Å². The molecule has 43 heavy (non-hydrogen) atoms. The number of hydrogen-bond acceptors (Lipinski definition) is 9. The molecule has 238 valence electrons. The number of carbonyl (C=O) groups is 2. The van der Waals surface area contributed by atoms with E-state index >= 15 is 0 Å². The minimum Gasteiger partial charge on any atom is -0.506 e. The Hall–Kier alpha value is -3.80. The van der Waals surface area contributed by atoms with E-state index in [1.54, 1.807) is 31.2 Å². The summed E-state index contributed by atoms with van der Waals surface area (Å²) in [5, 5.41) is 39.1. The van der Waals surface area contributed by atoms with E-state index in [2.05, 4.69) is 17.2 Å². The van der Waals surface area contributed by atoms with Crippen molar-refractivity contribution in [1.82, 2.24) is 0 Å². The molecule has 0 aromatic heterocycles. The van der Waals surface area contributed by atoms with Gasteiger partial charge in [-0.1, -0.05) is 49.8 Å². The van der Waals surface area contributed by atoms with Crippen molar-refractivity contribution in [3.8, 4) is 11.5 Å². The molecule has 1 heterocycles. The molecule has 0 spiro atoms. The van der Waals surface area contributed by atoms with Crippen LogP contribution in [0.3, 0.4) is 0 Å². The van der Waals surface area contributed by atoms with Crippen LogP contribution in [0, 0.1) is 11.8 Å². The Balaban J connectivity index is 2.64. The molecular weight excluding hydrogens is 554 g/mol. The molecule has 2 bridgehead atoms. The first-order valence-electron chi connectivity index (χ1n) is 14.3. The van der Waals surface area contributed by atoms with E-state index in [4.69, 9.17) is 19.9 Å². The maximum absolute atomic E-state index is 13.0. The zero-order valence-electron chi connectivity index (χ0n) is 25.9. The molecule has 6 atom stereocenters. The molecule has 0 saturated carbocycles. The zero-order chi connectivity index (χ0) is 32.3. The number of aromatic hydroxyl groups is 2. The highest BCUT2D eigenvalue weighted by molar-refractivity contribution is 6.04. The van der Waals surface area contributed by atoms with E-state index in [0.717, 1.165) is 5.57 Å². The molecule has 1 aliphatic rings. The molecule has 0 unspecified atom stereocenters.